The van der Waals surface area contributed by atoms with Crippen LogP contribution in [0.25, 0.3) is 16.7 Å². The van der Waals surface area contributed by atoms with Gasteiger partial charge in [-0.3, -0.25) is 0 Å². The van der Waals surface area contributed by atoms with Crippen LogP contribution in [0.5, 0.6) is 0 Å². The Morgan fingerprint density at radius 1 is 0.929 bits per heavy atom. The molecule has 0 radical (unpaired) electrons. The molecule has 0 saturated carbocycles. The van der Waals surface area contributed by atoms with E-state index in [9.17, 15) is 4.46 Å². The highest BCUT2D eigenvalue weighted by atomic mass is 28.3. The molecule has 0 spiro atoms. The first-order valence-electron chi connectivity index (χ1n) is 9.84. The van der Waals surface area contributed by atoms with Gasteiger partial charge >= 0.3 is 8.84 Å². The molecular formula is C25H27NOSi. The van der Waals surface area contributed by atoms with Gasteiger partial charge < -0.3 is 9.03 Å². The SMILES string of the molecule is C=C1c2ccccc2C2=C(c3ccccc31)C(C)C([Si](=O)N(C)C(C)(C)C)=C2. The molecule has 1 unspecified atom stereocenters. The third-order valence-electron chi connectivity index (χ3n) is 6.13. The summed E-state index contributed by atoms with van der Waals surface area (Å²) in [5, 5.41) is 1.05. The fourth-order valence-electron chi connectivity index (χ4n) is 4.20. The van der Waals surface area contributed by atoms with Crippen LogP contribution in [0.3, 0.4) is 0 Å². The fourth-order valence-corrected chi connectivity index (χ4v) is 5.98. The Balaban J connectivity index is 1.93. The molecule has 3 heteroatoms. The molecule has 1 atom stereocenters. The average molecular weight is 386 g/mol. The number of rotatable bonds is 2. The Labute approximate surface area is 169 Å². The first-order chi connectivity index (χ1) is 13.2. The molecule has 142 valence electrons. The van der Waals surface area contributed by atoms with Crippen LogP contribution < -0.4 is 0 Å². The molecule has 0 N–H and O–H groups in total. The van der Waals surface area contributed by atoms with E-state index >= 15 is 0 Å². The number of benzene rings is 2. The van der Waals surface area contributed by atoms with Crippen molar-refractivity contribution in [2.24, 2.45) is 5.92 Å². The first-order valence-corrected chi connectivity index (χ1v) is 11.2. The standard InChI is InChI=1S/C25H27NOSi/c1-16-18-11-7-9-13-20(18)22-15-23(28(27)26(6)25(3,4)5)17(2)24(22)21-14-10-8-12-19(16)21/h7-15,17H,1H2,2-6H3. The minimum atomic E-state index is -2.06. The smallest absolute Gasteiger partial charge is 0.372 e. The van der Waals surface area contributed by atoms with Gasteiger partial charge in [0.1, 0.15) is 0 Å². The number of allylic oxidation sites excluding steroid dienone is 4. The van der Waals surface area contributed by atoms with E-state index in [1.807, 2.05) is 11.6 Å². The van der Waals surface area contributed by atoms with Gasteiger partial charge in [0, 0.05) is 23.7 Å². The lowest BCUT2D eigenvalue weighted by Crippen LogP contribution is -2.45. The Morgan fingerprint density at radius 3 is 2.00 bits per heavy atom. The number of hydrogen-bond donors (Lipinski definition) is 0. The van der Waals surface area contributed by atoms with E-state index in [0.29, 0.717) is 0 Å². The van der Waals surface area contributed by atoms with Crippen molar-refractivity contribution in [3.63, 3.8) is 0 Å². The highest BCUT2D eigenvalue weighted by Gasteiger charge is 2.38. The minimum Gasteiger partial charge on any atom is -0.372 e. The van der Waals surface area contributed by atoms with Crippen molar-refractivity contribution in [1.82, 2.24) is 4.57 Å². The van der Waals surface area contributed by atoms with Gasteiger partial charge in [-0.25, -0.2) is 0 Å². The zero-order chi connectivity index (χ0) is 20.2. The molecule has 0 fully saturated rings. The molecule has 0 aromatic heterocycles. The lowest BCUT2D eigenvalue weighted by Gasteiger charge is -2.33. The Bertz CT molecular complexity index is 1070. The third-order valence-corrected chi connectivity index (χ3v) is 8.48. The van der Waals surface area contributed by atoms with Crippen LogP contribution in [0.2, 0.25) is 0 Å². The monoisotopic (exact) mass is 385 g/mol. The zero-order valence-electron chi connectivity index (χ0n) is 17.3. The maximum atomic E-state index is 13.5. The Hall–Kier alpha value is -2.52. The van der Waals surface area contributed by atoms with Crippen molar-refractivity contribution in [2.75, 3.05) is 7.05 Å². The van der Waals surface area contributed by atoms with Gasteiger partial charge in [-0.1, -0.05) is 62.0 Å². The summed E-state index contributed by atoms with van der Waals surface area (Å²) >= 11 is 0. The van der Waals surface area contributed by atoms with Gasteiger partial charge in [0.15, 0.2) is 0 Å². The van der Waals surface area contributed by atoms with Crippen molar-refractivity contribution in [2.45, 2.75) is 33.2 Å². The summed E-state index contributed by atoms with van der Waals surface area (Å²) in [6.07, 6.45) is 2.19. The van der Waals surface area contributed by atoms with E-state index < -0.39 is 8.84 Å². The van der Waals surface area contributed by atoms with Crippen LogP contribution in [0.1, 0.15) is 49.9 Å². The summed E-state index contributed by atoms with van der Waals surface area (Å²) in [5.41, 5.74) is 8.13. The summed E-state index contributed by atoms with van der Waals surface area (Å²) < 4.78 is 15.5. The maximum Gasteiger partial charge on any atom is 0.427 e. The quantitative estimate of drug-likeness (QED) is 0.615. The maximum absolute atomic E-state index is 13.5. The van der Waals surface area contributed by atoms with Crippen LogP contribution in [-0.2, 0) is 4.46 Å². The molecular weight excluding hydrogens is 358 g/mol. The second-order valence-electron chi connectivity index (χ2n) is 8.75. The van der Waals surface area contributed by atoms with Crippen LogP contribution in [-0.4, -0.2) is 26.0 Å². The number of nitrogens with zero attached hydrogens (tertiary/aromatic N) is 1. The predicted octanol–water partition coefficient (Wildman–Crippen LogP) is 5.74. The molecule has 0 heterocycles. The van der Waals surface area contributed by atoms with Crippen LogP contribution in [0.15, 0.2) is 66.4 Å². The van der Waals surface area contributed by atoms with Crippen LogP contribution in [0, 0.1) is 5.92 Å². The van der Waals surface area contributed by atoms with Gasteiger partial charge in [0.05, 0.1) is 0 Å². The van der Waals surface area contributed by atoms with Gasteiger partial charge in [-0.15, -0.1) is 0 Å². The molecule has 0 aliphatic heterocycles. The van der Waals surface area contributed by atoms with Crippen LogP contribution in [0.4, 0.5) is 0 Å². The van der Waals surface area contributed by atoms with Crippen molar-refractivity contribution in [3.8, 4) is 0 Å². The van der Waals surface area contributed by atoms with Gasteiger partial charge in [-0.2, -0.15) is 0 Å². The summed E-state index contributed by atoms with van der Waals surface area (Å²) in [6, 6.07) is 16.9. The molecule has 0 amide bonds. The lowest BCUT2D eigenvalue weighted by molar-refractivity contribution is 0.276. The normalized spacial score (nSPS) is 18.1. The zero-order valence-corrected chi connectivity index (χ0v) is 18.3. The Morgan fingerprint density at radius 2 is 1.43 bits per heavy atom. The molecule has 2 aliphatic carbocycles. The van der Waals surface area contributed by atoms with Crippen molar-refractivity contribution in [3.05, 3.63) is 88.6 Å². The second-order valence-corrected chi connectivity index (χ2v) is 10.6. The molecule has 0 saturated heterocycles. The number of fused-ring (bicyclic) bond motifs is 4. The van der Waals surface area contributed by atoms with Gasteiger partial charge in [-0.05, 0) is 65.8 Å². The van der Waals surface area contributed by atoms with E-state index in [1.54, 1.807) is 0 Å². The topological polar surface area (TPSA) is 20.3 Å². The van der Waals surface area contributed by atoms with Crippen molar-refractivity contribution >= 4 is 25.6 Å². The summed E-state index contributed by atoms with van der Waals surface area (Å²) in [7, 11) is -0.0819. The largest absolute Gasteiger partial charge is 0.427 e. The molecule has 2 nitrogen and oxygen atoms in total. The molecule has 4 rings (SSSR count). The van der Waals surface area contributed by atoms with Crippen molar-refractivity contribution in [1.29, 1.82) is 0 Å². The van der Waals surface area contributed by atoms with E-state index in [0.717, 1.165) is 16.3 Å². The first kappa shape index (κ1) is 18.8. The van der Waals surface area contributed by atoms with Gasteiger partial charge in [0.25, 0.3) is 0 Å². The predicted molar refractivity (Wildman–Crippen MR) is 119 cm³/mol. The summed E-state index contributed by atoms with van der Waals surface area (Å²) in [5.74, 6) is 0.117. The average Bonchev–Trinajstić information content (AvgIpc) is 2.97. The third kappa shape index (κ3) is 2.77. The highest BCUT2D eigenvalue weighted by molar-refractivity contribution is 6.51. The molecule has 28 heavy (non-hydrogen) atoms. The van der Waals surface area contributed by atoms with Crippen molar-refractivity contribution < 1.29 is 4.46 Å². The second kappa shape index (κ2) is 6.52. The highest BCUT2D eigenvalue weighted by Crippen LogP contribution is 2.49. The number of hydrogen-bond acceptors (Lipinski definition) is 1. The molecule has 0 bridgehead atoms. The summed E-state index contributed by atoms with van der Waals surface area (Å²) in [6.45, 7) is 12.9. The van der Waals surface area contributed by atoms with Gasteiger partial charge in [0.2, 0.25) is 0 Å². The van der Waals surface area contributed by atoms with E-state index in [2.05, 4.69) is 88.9 Å². The summed E-state index contributed by atoms with van der Waals surface area (Å²) in [4.78, 5) is 0. The van der Waals surface area contributed by atoms with E-state index in [4.69, 9.17) is 0 Å². The minimum absolute atomic E-state index is 0.117. The van der Waals surface area contributed by atoms with E-state index in [1.165, 1.54) is 27.8 Å². The molecule has 2 aromatic rings. The fraction of sp³-hybridized carbons (Fsp3) is 0.280. The molecule has 2 aromatic carbocycles. The van der Waals surface area contributed by atoms with E-state index in [-0.39, 0.29) is 11.5 Å². The van der Waals surface area contributed by atoms with Crippen LogP contribution >= 0.6 is 0 Å². The molecule has 2 aliphatic rings. The Kier molecular flexibility index (Phi) is 4.39. The lowest BCUT2D eigenvalue weighted by atomic mass is 9.90.